The summed E-state index contributed by atoms with van der Waals surface area (Å²) in [4.78, 5) is 0. The summed E-state index contributed by atoms with van der Waals surface area (Å²) < 4.78 is 64.2. The maximum absolute atomic E-state index is 12.3. The predicted octanol–water partition coefficient (Wildman–Crippen LogP) is 1.12. The van der Waals surface area contributed by atoms with Crippen molar-refractivity contribution in [1.82, 2.24) is 9.61 Å². The molecule has 0 aromatic carbocycles. The van der Waals surface area contributed by atoms with Gasteiger partial charge >= 0.3 is 15.6 Å². The van der Waals surface area contributed by atoms with E-state index in [9.17, 15) is 21.6 Å². The standard InChI is InChI=1S/C8H3BBrF3N2O3S/c9-5-2-14-15-3-4(10)1-6(7(5)15)18-19(16,17)8(11,12)13/h1-3H. The van der Waals surface area contributed by atoms with Crippen LogP contribution in [0, 0.1) is 0 Å². The van der Waals surface area contributed by atoms with Crippen molar-refractivity contribution in [3.63, 3.8) is 0 Å². The van der Waals surface area contributed by atoms with Crippen LogP contribution in [0.1, 0.15) is 0 Å². The first-order valence-corrected chi connectivity index (χ1v) is 6.75. The molecule has 0 bridgehead atoms. The fourth-order valence-electron chi connectivity index (χ4n) is 1.31. The third-order valence-electron chi connectivity index (χ3n) is 2.05. The van der Waals surface area contributed by atoms with Crippen molar-refractivity contribution in [3.8, 4) is 5.75 Å². The van der Waals surface area contributed by atoms with Crippen molar-refractivity contribution in [2.75, 3.05) is 0 Å². The molecule has 2 rings (SSSR count). The van der Waals surface area contributed by atoms with E-state index in [1.807, 2.05) is 0 Å². The van der Waals surface area contributed by atoms with Gasteiger partial charge in [0.05, 0.1) is 0 Å². The third-order valence-corrected chi connectivity index (χ3v) is 3.45. The minimum atomic E-state index is -5.77. The van der Waals surface area contributed by atoms with Gasteiger partial charge in [-0.1, -0.05) is 0 Å². The highest BCUT2D eigenvalue weighted by atomic mass is 79.9. The molecule has 0 saturated heterocycles. The number of fused-ring (bicyclic) bond motifs is 1. The van der Waals surface area contributed by atoms with Gasteiger partial charge in [0.15, 0.2) is 5.75 Å². The second-order valence-corrected chi connectivity index (χ2v) is 5.85. The highest BCUT2D eigenvalue weighted by Crippen LogP contribution is 2.30. The molecule has 0 amide bonds. The number of aromatic nitrogens is 2. The molecule has 0 aliphatic heterocycles. The van der Waals surface area contributed by atoms with E-state index in [-0.39, 0.29) is 15.5 Å². The Morgan fingerprint density at radius 1 is 1.42 bits per heavy atom. The van der Waals surface area contributed by atoms with Gasteiger partial charge in [-0.15, -0.1) is 0 Å². The molecule has 0 fully saturated rings. The summed E-state index contributed by atoms with van der Waals surface area (Å²) in [6, 6.07) is 1.05. The fourth-order valence-corrected chi connectivity index (χ4v) is 2.17. The van der Waals surface area contributed by atoms with Crippen LogP contribution in [0.25, 0.3) is 5.52 Å². The number of pyridine rings is 1. The SMILES string of the molecule is [B]c1cnn2cc(Br)cc(OS(=O)(=O)C(F)(F)F)c12. The van der Waals surface area contributed by atoms with Crippen molar-refractivity contribution < 1.29 is 25.8 Å². The van der Waals surface area contributed by atoms with Crippen LogP contribution in [0.15, 0.2) is 22.9 Å². The van der Waals surface area contributed by atoms with Gasteiger partial charge in [-0.2, -0.15) is 26.7 Å². The Hall–Kier alpha value is -1.23. The second-order valence-electron chi connectivity index (χ2n) is 3.40. The van der Waals surface area contributed by atoms with Crippen molar-refractivity contribution >= 4 is 44.9 Å². The number of nitrogens with zero attached hydrogens (tertiary/aromatic N) is 2. The molecule has 2 aromatic heterocycles. The zero-order valence-electron chi connectivity index (χ0n) is 8.85. The minimum Gasteiger partial charge on any atom is -0.374 e. The van der Waals surface area contributed by atoms with Gasteiger partial charge < -0.3 is 4.18 Å². The van der Waals surface area contributed by atoms with E-state index in [1.165, 1.54) is 6.20 Å². The van der Waals surface area contributed by atoms with Gasteiger partial charge in [0, 0.05) is 16.9 Å². The molecule has 100 valence electrons. The first kappa shape index (κ1) is 14.2. The largest absolute Gasteiger partial charge is 0.534 e. The molecular formula is C8H3BBrF3N2O3S. The van der Waals surface area contributed by atoms with Crippen LogP contribution < -0.4 is 9.65 Å². The average Bonchev–Trinajstić information content (AvgIpc) is 2.57. The Labute approximate surface area is 115 Å². The molecule has 19 heavy (non-hydrogen) atoms. The van der Waals surface area contributed by atoms with Gasteiger partial charge in [-0.05, 0) is 27.5 Å². The number of rotatable bonds is 2. The molecule has 0 spiro atoms. The highest BCUT2D eigenvalue weighted by Gasteiger charge is 2.48. The molecule has 2 heterocycles. The number of halogens is 4. The van der Waals surface area contributed by atoms with Crippen molar-refractivity contribution in [2.24, 2.45) is 0 Å². The molecule has 0 saturated carbocycles. The molecule has 5 nitrogen and oxygen atoms in total. The molecule has 2 aromatic rings. The Balaban J connectivity index is 2.61. The minimum absolute atomic E-state index is 0.0140. The molecule has 2 radical (unpaired) electrons. The molecule has 0 atom stereocenters. The number of hydrogen-bond donors (Lipinski definition) is 0. The van der Waals surface area contributed by atoms with E-state index >= 15 is 0 Å². The van der Waals surface area contributed by atoms with Crippen LogP contribution in [0.5, 0.6) is 5.75 Å². The molecule has 0 aliphatic carbocycles. The lowest BCUT2D eigenvalue weighted by molar-refractivity contribution is -0.0499. The molecule has 11 heteroatoms. The van der Waals surface area contributed by atoms with Gasteiger partial charge in [-0.3, -0.25) is 0 Å². The summed E-state index contributed by atoms with van der Waals surface area (Å²) in [5.74, 6) is -0.568. The van der Waals surface area contributed by atoms with Crippen molar-refractivity contribution in [3.05, 3.63) is 22.9 Å². The van der Waals surface area contributed by atoms with Crippen molar-refractivity contribution in [1.29, 1.82) is 0 Å². The topological polar surface area (TPSA) is 60.7 Å². The van der Waals surface area contributed by atoms with Crippen LogP contribution >= 0.6 is 15.9 Å². The van der Waals surface area contributed by atoms with Crippen LogP contribution in [0.2, 0.25) is 0 Å². The van der Waals surface area contributed by atoms with Gasteiger partial charge in [-0.25, -0.2) is 4.52 Å². The zero-order valence-corrected chi connectivity index (χ0v) is 11.3. The Morgan fingerprint density at radius 3 is 2.63 bits per heavy atom. The quantitative estimate of drug-likeness (QED) is 0.460. The summed E-state index contributed by atoms with van der Waals surface area (Å²) >= 11 is 2.99. The maximum Gasteiger partial charge on any atom is 0.534 e. The first-order valence-electron chi connectivity index (χ1n) is 4.55. The van der Waals surface area contributed by atoms with E-state index in [1.54, 1.807) is 0 Å². The van der Waals surface area contributed by atoms with Crippen LogP contribution in [0.4, 0.5) is 13.2 Å². The van der Waals surface area contributed by atoms with Gasteiger partial charge in [0.25, 0.3) is 0 Å². The van der Waals surface area contributed by atoms with Crippen LogP contribution in [-0.4, -0.2) is 31.4 Å². The summed E-state index contributed by atoms with van der Waals surface area (Å²) in [5, 5.41) is 3.74. The summed E-state index contributed by atoms with van der Waals surface area (Å²) in [6.07, 6.45) is 2.55. The second kappa shape index (κ2) is 4.41. The third kappa shape index (κ3) is 2.57. The molecule has 0 N–H and O–H groups in total. The van der Waals surface area contributed by atoms with E-state index in [2.05, 4.69) is 25.2 Å². The Kier molecular flexibility index (Phi) is 3.29. The Morgan fingerprint density at radius 2 is 2.05 bits per heavy atom. The van der Waals surface area contributed by atoms with Gasteiger partial charge in [0.1, 0.15) is 13.4 Å². The summed E-state index contributed by atoms with van der Waals surface area (Å²) in [7, 11) is -0.271. The molecular weight excluding hydrogens is 352 g/mol. The zero-order chi connectivity index (χ0) is 14.4. The highest BCUT2D eigenvalue weighted by molar-refractivity contribution is 9.10. The van der Waals surface area contributed by atoms with Crippen LogP contribution in [0.3, 0.4) is 0 Å². The number of alkyl halides is 3. The molecule has 0 unspecified atom stereocenters. The smallest absolute Gasteiger partial charge is 0.374 e. The van der Waals surface area contributed by atoms with Crippen LogP contribution in [-0.2, 0) is 10.1 Å². The van der Waals surface area contributed by atoms with Crippen molar-refractivity contribution in [2.45, 2.75) is 5.51 Å². The average molecular weight is 355 g/mol. The monoisotopic (exact) mass is 354 g/mol. The lowest BCUT2D eigenvalue weighted by Gasteiger charge is -2.11. The van der Waals surface area contributed by atoms with E-state index < -0.39 is 21.4 Å². The number of hydrogen-bond acceptors (Lipinski definition) is 4. The normalized spacial score (nSPS) is 12.8. The first-order chi connectivity index (χ1) is 8.62. The van der Waals surface area contributed by atoms with E-state index in [0.29, 0.717) is 0 Å². The summed E-state index contributed by atoms with van der Waals surface area (Å²) in [5.41, 5.74) is -5.61. The fraction of sp³-hybridized carbons (Fsp3) is 0.125. The Bertz CT molecular complexity index is 744. The van der Waals surface area contributed by atoms with Gasteiger partial charge in [0.2, 0.25) is 0 Å². The lowest BCUT2D eigenvalue weighted by atomic mass is 9.98. The predicted molar refractivity (Wildman–Crippen MR) is 63.9 cm³/mol. The van der Waals surface area contributed by atoms with E-state index in [0.717, 1.165) is 16.8 Å². The maximum atomic E-state index is 12.3. The van der Waals surface area contributed by atoms with E-state index in [4.69, 9.17) is 7.85 Å². The lowest BCUT2D eigenvalue weighted by Crippen LogP contribution is -2.28. The molecule has 0 aliphatic rings. The summed E-state index contributed by atoms with van der Waals surface area (Å²) in [6.45, 7) is 0.